The van der Waals surface area contributed by atoms with Crippen LogP contribution in [0.1, 0.15) is 32.3 Å². The Hall–Kier alpha value is -1.13. The fraction of sp³-hybridized carbons (Fsp3) is 0.571. The topological polar surface area (TPSA) is 46.4 Å². The quantitative estimate of drug-likeness (QED) is 0.315. The smallest absolute Gasteiger partial charge is 0.269 e. The molecule has 0 aromatic heterocycles. The van der Waals surface area contributed by atoms with E-state index in [1.54, 1.807) is 12.1 Å². The third kappa shape index (κ3) is 5.17. The van der Waals surface area contributed by atoms with Gasteiger partial charge in [-0.05, 0) is 31.5 Å². The molecule has 0 fully saturated rings. The molecule has 0 saturated carbocycles. The van der Waals surface area contributed by atoms with Crippen molar-refractivity contribution in [3.05, 3.63) is 39.9 Å². The molecule has 1 rings (SSSR count). The number of benzene rings is 1. The molecule has 0 saturated heterocycles. The van der Waals surface area contributed by atoms with Gasteiger partial charge in [-0.2, -0.15) is 0 Å². The molecule has 1 atom stereocenters. The number of alkyl halides is 1. The summed E-state index contributed by atoms with van der Waals surface area (Å²) < 4.78 is 0. The van der Waals surface area contributed by atoms with Gasteiger partial charge in [-0.1, -0.05) is 26.0 Å². The van der Waals surface area contributed by atoms with E-state index >= 15 is 0 Å². The van der Waals surface area contributed by atoms with Gasteiger partial charge in [-0.3, -0.25) is 15.0 Å². The van der Waals surface area contributed by atoms with Gasteiger partial charge in [-0.25, -0.2) is 0 Å². The van der Waals surface area contributed by atoms with Crippen molar-refractivity contribution >= 4 is 17.3 Å². The van der Waals surface area contributed by atoms with Crippen LogP contribution in [0.25, 0.3) is 0 Å². The highest BCUT2D eigenvalue weighted by Crippen LogP contribution is 2.18. The minimum atomic E-state index is -0.372. The summed E-state index contributed by atoms with van der Waals surface area (Å²) in [4.78, 5) is 12.6. The highest BCUT2D eigenvalue weighted by atomic mass is 35.5. The molecule has 0 aliphatic heterocycles. The van der Waals surface area contributed by atoms with Gasteiger partial charge < -0.3 is 0 Å². The fourth-order valence-electron chi connectivity index (χ4n) is 2.09. The zero-order chi connectivity index (χ0) is 14.3. The number of non-ortho nitro benzene ring substituents is 1. The number of rotatable bonds is 8. The molecule has 0 aliphatic carbocycles. The second-order valence-electron chi connectivity index (χ2n) is 4.60. The zero-order valence-corrected chi connectivity index (χ0v) is 12.3. The van der Waals surface area contributed by atoms with E-state index in [4.69, 9.17) is 11.6 Å². The summed E-state index contributed by atoms with van der Waals surface area (Å²) >= 11 is 6.43. The summed E-state index contributed by atoms with van der Waals surface area (Å²) in [7, 11) is 0. The third-order valence-corrected chi connectivity index (χ3v) is 3.37. The van der Waals surface area contributed by atoms with E-state index in [0.717, 1.165) is 31.5 Å². The number of halogens is 1. The van der Waals surface area contributed by atoms with Gasteiger partial charge in [0.25, 0.3) is 5.69 Å². The van der Waals surface area contributed by atoms with Crippen molar-refractivity contribution in [3.63, 3.8) is 0 Å². The van der Waals surface area contributed by atoms with E-state index in [0.29, 0.717) is 6.42 Å². The third-order valence-electron chi connectivity index (χ3n) is 2.94. The van der Waals surface area contributed by atoms with Gasteiger partial charge >= 0.3 is 0 Å². The number of nitro groups is 1. The SMILES string of the molecule is CCCN(CCC)C(Cl)Cc1cccc([N+](=O)[O-])c1. The van der Waals surface area contributed by atoms with Crippen molar-refractivity contribution in [1.82, 2.24) is 4.90 Å². The Morgan fingerprint density at radius 1 is 1.32 bits per heavy atom. The summed E-state index contributed by atoms with van der Waals surface area (Å²) in [6, 6.07) is 6.70. The van der Waals surface area contributed by atoms with Gasteiger partial charge in [0.1, 0.15) is 0 Å². The van der Waals surface area contributed by atoms with Crippen LogP contribution in [0.4, 0.5) is 5.69 Å². The second kappa shape index (κ2) is 8.12. The molecule has 0 spiro atoms. The minimum Gasteiger partial charge on any atom is -0.287 e. The lowest BCUT2D eigenvalue weighted by Gasteiger charge is -2.26. The Kier molecular flexibility index (Phi) is 6.81. The van der Waals surface area contributed by atoms with Gasteiger partial charge in [0.15, 0.2) is 0 Å². The van der Waals surface area contributed by atoms with Crippen molar-refractivity contribution < 1.29 is 4.92 Å². The van der Waals surface area contributed by atoms with E-state index in [-0.39, 0.29) is 16.1 Å². The van der Waals surface area contributed by atoms with Crippen molar-refractivity contribution in [1.29, 1.82) is 0 Å². The van der Waals surface area contributed by atoms with Crippen LogP contribution in [-0.4, -0.2) is 28.4 Å². The van der Waals surface area contributed by atoms with Crippen molar-refractivity contribution in [2.45, 2.75) is 38.6 Å². The number of nitro benzene ring substituents is 1. The first-order chi connectivity index (χ1) is 9.08. The zero-order valence-electron chi connectivity index (χ0n) is 11.5. The molecular formula is C14H21ClN2O2. The van der Waals surface area contributed by atoms with E-state index in [1.807, 2.05) is 6.07 Å². The number of hydrogen-bond acceptors (Lipinski definition) is 3. The minimum absolute atomic E-state index is 0.109. The lowest BCUT2D eigenvalue weighted by atomic mass is 10.1. The lowest BCUT2D eigenvalue weighted by Crippen LogP contribution is -2.34. The van der Waals surface area contributed by atoms with E-state index in [1.165, 1.54) is 6.07 Å². The summed E-state index contributed by atoms with van der Waals surface area (Å²) in [6.07, 6.45) is 2.74. The Morgan fingerprint density at radius 3 is 2.47 bits per heavy atom. The van der Waals surface area contributed by atoms with Crippen LogP contribution in [0.15, 0.2) is 24.3 Å². The monoisotopic (exact) mass is 284 g/mol. The Labute approximate surface area is 119 Å². The lowest BCUT2D eigenvalue weighted by molar-refractivity contribution is -0.384. The van der Waals surface area contributed by atoms with Gasteiger partial charge in [-0.15, -0.1) is 11.6 Å². The number of nitrogens with zero attached hydrogens (tertiary/aromatic N) is 2. The highest BCUT2D eigenvalue weighted by molar-refractivity contribution is 6.20. The Balaban J connectivity index is 2.71. The summed E-state index contributed by atoms with van der Waals surface area (Å²) in [5, 5.41) is 10.7. The molecule has 4 nitrogen and oxygen atoms in total. The van der Waals surface area contributed by atoms with Crippen LogP contribution in [0.5, 0.6) is 0 Å². The van der Waals surface area contributed by atoms with Crippen molar-refractivity contribution in [2.24, 2.45) is 0 Å². The first kappa shape index (κ1) is 15.9. The van der Waals surface area contributed by atoms with E-state index in [9.17, 15) is 10.1 Å². The standard InChI is InChI=1S/C14H21ClN2O2/c1-3-8-16(9-4-2)14(15)11-12-6-5-7-13(10-12)17(18)19/h5-7,10,14H,3-4,8-9,11H2,1-2H3. The highest BCUT2D eigenvalue weighted by Gasteiger charge is 2.16. The first-order valence-electron chi connectivity index (χ1n) is 6.70. The largest absolute Gasteiger partial charge is 0.287 e. The molecule has 1 aromatic rings. The predicted molar refractivity (Wildman–Crippen MR) is 78.6 cm³/mol. The Bertz CT molecular complexity index is 406. The van der Waals surface area contributed by atoms with E-state index in [2.05, 4.69) is 18.7 Å². The fourth-order valence-corrected chi connectivity index (χ4v) is 2.46. The molecule has 0 amide bonds. The normalized spacial score (nSPS) is 12.6. The Morgan fingerprint density at radius 2 is 1.95 bits per heavy atom. The molecule has 0 N–H and O–H groups in total. The summed E-state index contributed by atoms with van der Waals surface area (Å²) in [5.74, 6) is 0. The van der Waals surface area contributed by atoms with Gasteiger partial charge in [0.05, 0.1) is 10.4 Å². The summed E-state index contributed by atoms with van der Waals surface area (Å²) in [6.45, 7) is 6.16. The molecule has 19 heavy (non-hydrogen) atoms. The molecule has 5 heteroatoms. The maximum atomic E-state index is 10.7. The van der Waals surface area contributed by atoms with Crippen LogP contribution < -0.4 is 0 Å². The second-order valence-corrected chi connectivity index (χ2v) is 5.11. The van der Waals surface area contributed by atoms with Crippen LogP contribution in [-0.2, 0) is 6.42 Å². The molecule has 1 unspecified atom stereocenters. The van der Waals surface area contributed by atoms with Crippen LogP contribution in [0.3, 0.4) is 0 Å². The van der Waals surface area contributed by atoms with Crippen molar-refractivity contribution in [3.8, 4) is 0 Å². The van der Waals surface area contributed by atoms with Crippen LogP contribution >= 0.6 is 11.6 Å². The van der Waals surface area contributed by atoms with Gasteiger partial charge in [0, 0.05) is 18.6 Å². The molecule has 1 aromatic carbocycles. The average Bonchev–Trinajstić information content (AvgIpc) is 2.38. The molecule has 106 valence electrons. The van der Waals surface area contributed by atoms with Crippen molar-refractivity contribution in [2.75, 3.05) is 13.1 Å². The number of hydrogen-bond donors (Lipinski definition) is 0. The first-order valence-corrected chi connectivity index (χ1v) is 7.13. The summed E-state index contributed by atoms with van der Waals surface area (Å²) in [5.41, 5.74) is 0.923. The molecule has 0 radical (unpaired) electrons. The van der Waals surface area contributed by atoms with Gasteiger partial charge in [0.2, 0.25) is 0 Å². The maximum Gasteiger partial charge on any atom is 0.269 e. The molecular weight excluding hydrogens is 264 g/mol. The molecule has 0 bridgehead atoms. The maximum absolute atomic E-state index is 10.7. The average molecular weight is 285 g/mol. The molecule has 0 aliphatic rings. The molecule has 0 heterocycles. The van der Waals surface area contributed by atoms with Crippen LogP contribution in [0.2, 0.25) is 0 Å². The predicted octanol–water partition coefficient (Wildman–Crippen LogP) is 3.82. The van der Waals surface area contributed by atoms with E-state index < -0.39 is 0 Å². The van der Waals surface area contributed by atoms with Crippen LogP contribution in [0, 0.1) is 10.1 Å².